The molecule has 4 aliphatic rings. The SMILES string of the molecule is O=C(C1CCCC1)N1CCC(C(=O)N2C[C@H]3C[C@@H](n4cncn4)[C@H](O)C[C@H]3C2)CC1. The van der Waals surface area contributed by atoms with Gasteiger partial charge in [0.2, 0.25) is 11.8 Å². The molecule has 1 aromatic heterocycles. The standard InChI is InChI=1S/C22H33N5O3/c28-20-10-18-12-26(11-17(18)9-19(20)27-14-23-13-24-27)22(30)16-5-7-25(8-6-16)21(29)15-3-1-2-4-15/h13-20,28H,1-12H2/t17-,18+,19-,20-/m1/s1. The molecule has 3 heterocycles. The third-order valence-electron chi connectivity index (χ3n) is 8.06. The van der Waals surface area contributed by atoms with Gasteiger partial charge in [-0.1, -0.05) is 12.8 Å². The number of aromatic nitrogens is 3. The van der Waals surface area contributed by atoms with Crippen LogP contribution in [0.1, 0.15) is 57.4 Å². The third kappa shape index (κ3) is 3.74. The topological polar surface area (TPSA) is 91.6 Å². The fraction of sp³-hybridized carbons (Fsp3) is 0.818. The molecule has 8 heteroatoms. The van der Waals surface area contributed by atoms with E-state index in [1.807, 2.05) is 9.80 Å². The summed E-state index contributed by atoms with van der Waals surface area (Å²) in [6.45, 7) is 2.98. The molecule has 2 aliphatic carbocycles. The molecular formula is C22H33N5O3. The molecule has 2 aliphatic heterocycles. The maximum atomic E-state index is 13.2. The first-order chi connectivity index (χ1) is 14.6. The largest absolute Gasteiger partial charge is 0.391 e. The van der Waals surface area contributed by atoms with Crippen molar-refractivity contribution in [3.8, 4) is 0 Å². The number of fused-ring (bicyclic) bond motifs is 1. The second-order valence-electron chi connectivity index (χ2n) is 9.83. The molecule has 4 fully saturated rings. The van der Waals surface area contributed by atoms with Gasteiger partial charge in [-0.25, -0.2) is 9.67 Å². The second kappa shape index (κ2) is 8.29. The molecule has 8 nitrogen and oxygen atoms in total. The first-order valence-corrected chi connectivity index (χ1v) is 11.7. The van der Waals surface area contributed by atoms with Crippen LogP contribution < -0.4 is 0 Å². The van der Waals surface area contributed by atoms with E-state index in [-0.39, 0.29) is 23.8 Å². The molecule has 2 amide bonds. The van der Waals surface area contributed by atoms with E-state index in [0.29, 0.717) is 24.2 Å². The number of aliphatic hydroxyl groups excluding tert-OH is 1. The number of nitrogens with zero attached hydrogens (tertiary/aromatic N) is 5. The number of rotatable bonds is 3. The van der Waals surface area contributed by atoms with E-state index >= 15 is 0 Å². The summed E-state index contributed by atoms with van der Waals surface area (Å²) in [4.78, 5) is 33.9. The normalized spacial score (nSPS) is 33.1. The lowest BCUT2D eigenvalue weighted by Crippen LogP contribution is -2.45. The molecule has 0 radical (unpaired) electrons. The fourth-order valence-corrected chi connectivity index (χ4v) is 6.30. The molecule has 5 rings (SSSR count). The van der Waals surface area contributed by atoms with Gasteiger partial charge in [-0.3, -0.25) is 9.59 Å². The van der Waals surface area contributed by atoms with Crippen LogP contribution in [-0.4, -0.2) is 73.8 Å². The summed E-state index contributed by atoms with van der Waals surface area (Å²) in [7, 11) is 0. The van der Waals surface area contributed by atoms with Crippen molar-refractivity contribution in [1.82, 2.24) is 24.6 Å². The highest BCUT2D eigenvalue weighted by atomic mass is 16.3. The van der Waals surface area contributed by atoms with E-state index in [1.165, 1.54) is 19.2 Å². The molecule has 4 atom stereocenters. The monoisotopic (exact) mass is 415 g/mol. The maximum Gasteiger partial charge on any atom is 0.225 e. The summed E-state index contributed by atoms with van der Waals surface area (Å²) in [5.74, 6) is 1.61. The number of aliphatic hydroxyl groups is 1. The molecule has 0 unspecified atom stereocenters. The van der Waals surface area contributed by atoms with Crippen LogP contribution in [0.15, 0.2) is 12.7 Å². The Bertz CT molecular complexity index is 755. The second-order valence-corrected chi connectivity index (χ2v) is 9.83. The summed E-state index contributed by atoms with van der Waals surface area (Å²) in [5.41, 5.74) is 0. The smallest absolute Gasteiger partial charge is 0.225 e. The molecular weight excluding hydrogens is 382 g/mol. The zero-order valence-corrected chi connectivity index (χ0v) is 17.6. The van der Waals surface area contributed by atoms with Crippen molar-refractivity contribution in [2.24, 2.45) is 23.7 Å². The highest BCUT2D eigenvalue weighted by molar-refractivity contribution is 5.81. The van der Waals surface area contributed by atoms with E-state index in [9.17, 15) is 14.7 Å². The predicted molar refractivity (Wildman–Crippen MR) is 109 cm³/mol. The summed E-state index contributed by atoms with van der Waals surface area (Å²) < 4.78 is 1.77. The highest BCUT2D eigenvalue weighted by Crippen LogP contribution is 2.41. The Morgan fingerprint density at radius 1 is 0.867 bits per heavy atom. The van der Waals surface area contributed by atoms with Gasteiger partial charge < -0.3 is 14.9 Å². The van der Waals surface area contributed by atoms with Crippen molar-refractivity contribution in [3.63, 3.8) is 0 Å². The van der Waals surface area contributed by atoms with Crippen LogP contribution in [0.25, 0.3) is 0 Å². The summed E-state index contributed by atoms with van der Waals surface area (Å²) in [5, 5.41) is 14.8. The highest BCUT2D eigenvalue weighted by Gasteiger charge is 2.45. The Morgan fingerprint density at radius 3 is 2.17 bits per heavy atom. The average molecular weight is 416 g/mol. The lowest BCUT2D eigenvalue weighted by molar-refractivity contribution is -0.142. The van der Waals surface area contributed by atoms with Gasteiger partial charge in [0.05, 0.1) is 12.1 Å². The van der Waals surface area contributed by atoms with E-state index in [1.54, 1.807) is 11.0 Å². The van der Waals surface area contributed by atoms with Crippen LogP contribution in [0, 0.1) is 23.7 Å². The Morgan fingerprint density at radius 2 is 1.50 bits per heavy atom. The zero-order chi connectivity index (χ0) is 20.7. The Kier molecular flexibility index (Phi) is 5.52. The minimum Gasteiger partial charge on any atom is -0.391 e. The van der Waals surface area contributed by atoms with E-state index in [4.69, 9.17) is 0 Å². The number of carbonyl (C=O) groups excluding carboxylic acids is 2. The van der Waals surface area contributed by atoms with Crippen molar-refractivity contribution in [1.29, 1.82) is 0 Å². The van der Waals surface area contributed by atoms with Crippen molar-refractivity contribution in [3.05, 3.63) is 12.7 Å². The summed E-state index contributed by atoms with van der Waals surface area (Å²) in [6, 6.07) is -0.0476. The first kappa shape index (κ1) is 20.0. The number of carbonyl (C=O) groups is 2. The molecule has 0 aromatic carbocycles. The summed E-state index contributed by atoms with van der Waals surface area (Å²) >= 11 is 0. The number of likely N-dealkylation sites (tertiary alicyclic amines) is 2. The number of piperidine rings is 1. The van der Waals surface area contributed by atoms with Crippen molar-refractivity contribution in [2.45, 2.75) is 63.5 Å². The van der Waals surface area contributed by atoms with Gasteiger partial charge in [0.1, 0.15) is 12.7 Å². The Labute approximate surface area is 177 Å². The van der Waals surface area contributed by atoms with Gasteiger partial charge in [-0.2, -0.15) is 5.10 Å². The Hall–Kier alpha value is -1.96. The molecule has 1 aromatic rings. The predicted octanol–water partition coefficient (Wildman–Crippen LogP) is 1.48. The lowest BCUT2D eigenvalue weighted by Gasteiger charge is -2.34. The van der Waals surface area contributed by atoms with Crippen molar-refractivity contribution < 1.29 is 14.7 Å². The molecule has 2 saturated carbocycles. The van der Waals surface area contributed by atoms with E-state index < -0.39 is 6.10 Å². The molecule has 2 saturated heterocycles. The van der Waals surface area contributed by atoms with Crippen LogP contribution in [0.3, 0.4) is 0 Å². The minimum absolute atomic E-state index is 0.0359. The number of amides is 2. The Balaban J connectivity index is 1.15. The first-order valence-electron chi connectivity index (χ1n) is 11.7. The van der Waals surface area contributed by atoms with Gasteiger partial charge in [-0.05, 0) is 50.4 Å². The molecule has 1 N–H and O–H groups in total. The molecule has 0 bridgehead atoms. The molecule has 164 valence electrons. The fourth-order valence-electron chi connectivity index (χ4n) is 6.30. The van der Waals surface area contributed by atoms with Gasteiger partial charge in [-0.15, -0.1) is 0 Å². The van der Waals surface area contributed by atoms with Gasteiger partial charge in [0.15, 0.2) is 0 Å². The van der Waals surface area contributed by atoms with Crippen LogP contribution in [-0.2, 0) is 9.59 Å². The van der Waals surface area contributed by atoms with Crippen molar-refractivity contribution in [2.75, 3.05) is 26.2 Å². The van der Waals surface area contributed by atoms with Crippen LogP contribution in [0.5, 0.6) is 0 Å². The van der Waals surface area contributed by atoms with Gasteiger partial charge >= 0.3 is 0 Å². The number of hydrogen-bond donors (Lipinski definition) is 1. The van der Waals surface area contributed by atoms with Crippen LogP contribution in [0.2, 0.25) is 0 Å². The quantitative estimate of drug-likeness (QED) is 0.807. The lowest BCUT2D eigenvalue weighted by atomic mass is 9.77. The van der Waals surface area contributed by atoms with E-state index in [2.05, 4.69) is 10.1 Å². The molecule has 30 heavy (non-hydrogen) atoms. The number of hydrogen-bond acceptors (Lipinski definition) is 5. The third-order valence-corrected chi connectivity index (χ3v) is 8.06. The summed E-state index contributed by atoms with van der Waals surface area (Å²) in [6.07, 6.45) is 10.3. The molecule has 0 spiro atoms. The zero-order valence-electron chi connectivity index (χ0n) is 17.6. The average Bonchev–Trinajstić information content (AvgIpc) is 3.53. The van der Waals surface area contributed by atoms with Gasteiger partial charge in [0.25, 0.3) is 0 Å². The van der Waals surface area contributed by atoms with Gasteiger partial charge in [0, 0.05) is 38.0 Å². The van der Waals surface area contributed by atoms with Crippen molar-refractivity contribution >= 4 is 11.8 Å². The van der Waals surface area contributed by atoms with Crippen LogP contribution >= 0.6 is 0 Å². The van der Waals surface area contributed by atoms with Crippen LogP contribution in [0.4, 0.5) is 0 Å². The van der Waals surface area contributed by atoms with E-state index in [0.717, 1.165) is 58.3 Å². The maximum absolute atomic E-state index is 13.2. The minimum atomic E-state index is -0.437.